The van der Waals surface area contributed by atoms with Gasteiger partial charge in [0.05, 0.1) is 5.39 Å². The van der Waals surface area contributed by atoms with Gasteiger partial charge in [-0.1, -0.05) is 0 Å². The highest BCUT2D eigenvalue weighted by Crippen LogP contribution is 2.28. The number of anilines is 2. The first kappa shape index (κ1) is 21.4. The van der Waals surface area contributed by atoms with E-state index in [9.17, 15) is 9.59 Å². The number of nitrogens with zero attached hydrogens (tertiary/aromatic N) is 5. The molecule has 4 rings (SSSR count). The first-order chi connectivity index (χ1) is 15.3. The molecule has 1 saturated heterocycles. The van der Waals surface area contributed by atoms with E-state index in [-0.39, 0.29) is 12.1 Å². The summed E-state index contributed by atoms with van der Waals surface area (Å²) in [5.41, 5.74) is 2.55. The largest absolute Gasteiger partial charge is 0.414 e. The summed E-state index contributed by atoms with van der Waals surface area (Å²) in [6.45, 7) is 5.97. The fraction of sp³-hybridized carbons (Fsp3) is 0.364. The highest BCUT2D eigenvalue weighted by atomic mass is 16.6. The zero-order valence-corrected chi connectivity index (χ0v) is 18.6. The lowest BCUT2D eigenvalue weighted by molar-refractivity contribution is 0.172. The second-order valence-electron chi connectivity index (χ2n) is 8.10. The maximum atomic E-state index is 12.9. The molecule has 0 radical (unpaired) electrons. The standard InChI is InChI=1S/C22H27N7O3/c1-14-11-23-19-18(14)20(25-13-24-19)28-9-10-29(15(2)12-28)21(30)26-16-5-7-17(8-6-16)32-22(31)27(3)4/h5-8,11,13,15H,9-10,12H2,1-4H3,(H,26,30)(H,23,24,25). The highest BCUT2D eigenvalue weighted by Gasteiger charge is 2.29. The van der Waals surface area contributed by atoms with Crippen LogP contribution in [0, 0.1) is 6.92 Å². The van der Waals surface area contributed by atoms with Crippen LogP contribution < -0.4 is 15.0 Å². The minimum absolute atomic E-state index is 0.00617. The number of carbonyl (C=O) groups excluding carboxylic acids is 2. The molecule has 1 fully saturated rings. The second kappa shape index (κ2) is 8.74. The summed E-state index contributed by atoms with van der Waals surface area (Å²) in [5, 5.41) is 3.94. The van der Waals surface area contributed by atoms with Gasteiger partial charge in [0.2, 0.25) is 0 Å². The number of benzene rings is 1. The molecule has 3 aromatic rings. The molecule has 3 heterocycles. The Morgan fingerprint density at radius 3 is 2.62 bits per heavy atom. The smallest absolute Gasteiger partial charge is 0.410 e. The number of carbonyl (C=O) groups is 2. The number of H-pyrrole nitrogens is 1. The predicted octanol–water partition coefficient (Wildman–Crippen LogP) is 3.07. The Labute approximate surface area is 186 Å². The molecule has 2 N–H and O–H groups in total. The number of piperazine rings is 1. The van der Waals surface area contributed by atoms with Gasteiger partial charge in [-0.05, 0) is 43.7 Å². The molecule has 0 spiro atoms. The summed E-state index contributed by atoms with van der Waals surface area (Å²) >= 11 is 0. The van der Waals surface area contributed by atoms with E-state index < -0.39 is 6.09 Å². The third kappa shape index (κ3) is 4.29. The van der Waals surface area contributed by atoms with E-state index in [1.54, 1.807) is 44.7 Å². The number of urea groups is 1. The average Bonchev–Trinajstić information content (AvgIpc) is 3.16. The third-order valence-electron chi connectivity index (χ3n) is 5.51. The summed E-state index contributed by atoms with van der Waals surface area (Å²) in [6.07, 6.45) is 3.05. The number of ether oxygens (including phenoxy) is 1. The van der Waals surface area contributed by atoms with Gasteiger partial charge in [-0.2, -0.15) is 0 Å². The number of fused-ring (bicyclic) bond motifs is 1. The first-order valence-electron chi connectivity index (χ1n) is 10.4. The fourth-order valence-corrected chi connectivity index (χ4v) is 3.78. The van der Waals surface area contributed by atoms with Crippen molar-refractivity contribution in [1.82, 2.24) is 24.8 Å². The van der Waals surface area contributed by atoms with Gasteiger partial charge in [-0.15, -0.1) is 0 Å². The Morgan fingerprint density at radius 2 is 1.94 bits per heavy atom. The number of amides is 3. The number of aryl methyl sites for hydroxylation is 1. The van der Waals surface area contributed by atoms with Gasteiger partial charge in [0.1, 0.15) is 23.5 Å². The molecule has 1 aliphatic heterocycles. The van der Waals surface area contributed by atoms with Crippen molar-refractivity contribution in [2.75, 3.05) is 43.9 Å². The summed E-state index contributed by atoms with van der Waals surface area (Å²) in [5.74, 6) is 1.31. The molecule has 32 heavy (non-hydrogen) atoms. The monoisotopic (exact) mass is 437 g/mol. The first-order valence-corrected chi connectivity index (χ1v) is 10.4. The quantitative estimate of drug-likeness (QED) is 0.652. The van der Waals surface area contributed by atoms with Crippen molar-refractivity contribution in [3.8, 4) is 5.75 Å². The minimum atomic E-state index is -0.454. The van der Waals surface area contributed by atoms with Crippen LogP contribution in [-0.2, 0) is 0 Å². The van der Waals surface area contributed by atoms with Crippen LogP contribution in [-0.4, -0.2) is 76.6 Å². The Hall–Kier alpha value is -3.82. The van der Waals surface area contributed by atoms with Gasteiger partial charge in [0, 0.05) is 51.7 Å². The third-order valence-corrected chi connectivity index (χ3v) is 5.51. The highest BCUT2D eigenvalue weighted by molar-refractivity contribution is 5.92. The van der Waals surface area contributed by atoms with Crippen molar-refractivity contribution in [2.45, 2.75) is 19.9 Å². The van der Waals surface area contributed by atoms with Crippen molar-refractivity contribution < 1.29 is 14.3 Å². The van der Waals surface area contributed by atoms with E-state index in [1.807, 2.05) is 24.9 Å². The molecule has 10 nitrogen and oxygen atoms in total. The number of rotatable bonds is 3. The molecule has 0 bridgehead atoms. The molecule has 2 aromatic heterocycles. The maximum absolute atomic E-state index is 12.9. The predicted molar refractivity (Wildman–Crippen MR) is 122 cm³/mol. The van der Waals surface area contributed by atoms with Crippen molar-refractivity contribution in [3.05, 3.63) is 42.4 Å². The molecule has 3 amide bonds. The van der Waals surface area contributed by atoms with Gasteiger partial charge < -0.3 is 29.7 Å². The molecule has 1 unspecified atom stereocenters. The van der Waals surface area contributed by atoms with Gasteiger partial charge in [0.15, 0.2) is 0 Å². The average molecular weight is 438 g/mol. The maximum Gasteiger partial charge on any atom is 0.414 e. The Balaban J connectivity index is 1.39. The lowest BCUT2D eigenvalue weighted by Gasteiger charge is -2.40. The zero-order valence-electron chi connectivity index (χ0n) is 18.6. The SMILES string of the molecule is Cc1c[nH]c2ncnc(N3CCN(C(=O)Nc4ccc(OC(=O)N(C)C)cc4)C(C)C3)c12. The summed E-state index contributed by atoms with van der Waals surface area (Å²) in [7, 11) is 3.23. The summed E-state index contributed by atoms with van der Waals surface area (Å²) in [6, 6.07) is 6.55. The Bertz CT molecular complexity index is 1130. The number of hydrogen-bond acceptors (Lipinski definition) is 6. The molecule has 10 heteroatoms. The van der Waals surface area contributed by atoms with E-state index in [1.165, 1.54) is 4.90 Å². The van der Waals surface area contributed by atoms with Gasteiger partial charge in [-0.3, -0.25) is 0 Å². The minimum Gasteiger partial charge on any atom is -0.410 e. The van der Waals surface area contributed by atoms with Crippen LogP contribution in [0.1, 0.15) is 12.5 Å². The van der Waals surface area contributed by atoms with Crippen molar-refractivity contribution in [2.24, 2.45) is 0 Å². The summed E-state index contributed by atoms with van der Waals surface area (Å²) in [4.78, 5) is 41.9. The second-order valence-corrected chi connectivity index (χ2v) is 8.10. The van der Waals surface area contributed by atoms with E-state index >= 15 is 0 Å². The van der Waals surface area contributed by atoms with Crippen molar-refractivity contribution >= 4 is 34.7 Å². The van der Waals surface area contributed by atoms with Crippen molar-refractivity contribution in [3.63, 3.8) is 0 Å². The van der Waals surface area contributed by atoms with Crippen LogP contribution in [0.4, 0.5) is 21.1 Å². The van der Waals surface area contributed by atoms with Crippen LogP contribution >= 0.6 is 0 Å². The van der Waals surface area contributed by atoms with Gasteiger partial charge in [0.25, 0.3) is 0 Å². The normalized spacial score (nSPS) is 16.2. The molecule has 0 saturated carbocycles. The van der Waals surface area contributed by atoms with Crippen molar-refractivity contribution in [1.29, 1.82) is 0 Å². The number of aromatic nitrogens is 3. The van der Waals surface area contributed by atoms with Crippen LogP contribution in [0.25, 0.3) is 11.0 Å². The molecule has 1 atom stereocenters. The number of aromatic amines is 1. The lowest BCUT2D eigenvalue weighted by Crippen LogP contribution is -2.55. The molecule has 168 valence electrons. The number of hydrogen-bond donors (Lipinski definition) is 2. The number of nitrogens with one attached hydrogen (secondary N) is 2. The van der Waals surface area contributed by atoms with Gasteiger partial charge in [-0.25, -0.2) is 19.6 Å². The van der Waals surface area contributed by atoms with E-state index in [0.717, 1.165) is 22.4 Å². The molecule has 0 aliphatic carbocycles. The lowest BCUT2D eigenvalue weighted by atomic mass is 10.1. The topological polar surface area (TPSA) is 107 Å². The van der Waals surface area contributed by atoms with Crippen LogP contribution in [0.3, 0.4) is 0 Å². The Kier molecular flexibility index (Phi) is 5.85. The van der Waals surface area contributed by atoms with Gasteiger partial charge >= 0.3 is 12.1 Å². The van der Waals surface area contributed by atoms with E-state index in [2.05, 4.69) is 25.2 Å². The van der Waals surface area contributed by atoms with E-state index in [0.29, 0.717) is 31.1 Å². The summed E-state index contributed by atoms with van der Waals surface area (Å²) < 4.78 is 5.20. The van der Waals surface area contributed by atoms with Crippen LogP contribution in [0.5, 0.6) is 5.75 Å². The molecule has 1 aliphatic rings. The molecular weight excluding hydrogens is 410 g/mol. The Morgan fingerprint density at radius 1 is 1.19 bits per heavy atom. The molecule has 1 aromatic carbocycles. The zero-order chi connectivity index (χ0) is 22.8. The molecular formula is C22H27N7O3. The van der Waals surface area contributed by atoms with Crippen LogP contribution in [0.2, 0.25) is 0 Å². The fourth-order valence-electron chi connectivity index (χ4n) is 3.78. The van der Waals surface area contributed by atoms with Crippen LogP contribution in [0.15, 0.2) is 36.8 Å². The van der Waals surface area contributed by atoms with E-state index in [4.69, 9.17) is 4.74 Å².